The number of hydrogen-bond acceptors (Lipinski definition) is 7. The maximum absolute atomic E-state index is 14.1. The van der Waals surface area contributed by atoms with Gasteiger partial charge in [0.25, 0.3) is 0 Å². The predicted molar refractivity (Wildman–Crippen MR) is 243 cm³/mol. The summed E-state index contributed by atoms with van der Waals surface area (Å²) >= 11 is 0. The lowest BCUT2D eigenvalue weighted by Crippen LogP contribution is -2.46. The second kappa shape index (κ2) is 18.1. The number of rotatable bonds is 13. The van der Waals surface area contributed by atoms with Crippen LogP contribution in [0.25, 0.3) is 22.5 Å². The Kier molecular flexibility index (Phi) is 11.7. The first-order chi connectivity index (χ1) is 31.4. The van der Waals surface area contributed by atoms with Gasteiger partial charge in [-0.3, -0.25) is 24.4 Å². The standard InChI is InChI=1S/C52H52N8O4/c61-49(39-25-26-39)55-46(37-9-3-1-4-10-37)51(63)59-29-7-13-44(59)42-31-41(57-58-42)35-21-17-33(18-22-35)15-16-34-19-23-36(24-20-34)43-32-53-48(54-43)45-14-8-30-60(45)52(64)47(38-11-5-2-6-12-38)56-50(62)40-27-28-40/h1-6,9-12,17-24,31-32,39-40,44-47,52,64H,7-8,13-14,25-30H2,(H,53,54)(H,55,61)(H,56,62)(H,57,58). The van der Waals surface area contributed by atoms with Crippen LogP contribution in [0.4, 0.5) is 0 Å². The number of aliphatic hydroxyl groups is 1. The van der Waals surface area contributed by atoms with E-state index in [4.69, 9.17) is 4.98 Å². The molecule has 0 bridgehead atoms. The van der Waals surface area contributed by atoms with E-state index in [0.29, 0.717) is 13.1 Å². The minimum atomic E-state index is -0.905. The number of carbonyl (C=O) groups excluding carboxylic acids is 3. The molecule has 12 heteroatoms. The van der Waals surface area contributed by atoms with Crippen molar-refractivity contribution in [1.82, 2.24) is 40.6 Å². The number of aliphatic hydroxyl groups excluding tert-OH is 1. The number of hydrogen-bond donors (Lipinski definition) is 5. The SMILES string of the molecule is O=C(NC(C(=O)N1CCCC1c1cc(-c2ccc(C#Cc3ccc(-c4cnc(C5CCCN5C(O)C(NC(=O)C5CC5)c5ccccc5)[nH]4)cc3)cc2)n[nH]1)c1ccccc1)C1CC1. The van der Waals surface area contributed by atoms with Crippen molar-refractivity contribution in [3.63, 3.8) is 0 Å². The first-order valence-corrected chi connectivity index (χ1v) is 22.6. The molecule has 324 valence electrons. The molecule has 4 aromatic carbocycles. The smallest absolute Gasteiger partial charge is 0.250 e. The fourth-order valence-electron chi connectivity index (χ4n) is 9.17. The Morgan fingerprint density at radius 2 is 1.28 bits per heavy atom. The highest BCUT2D eigenvalue weighted by atomic mass is 16.3. The lowest BCUT2D eigenvalue weighted by Gasteiger charge is -2.34. The van der Waals surface area contributed by atoms with Gasteiger partial charge in [0.2, 0.25) is 17.7 Å². The van der Waals surface area contributed by atoms with Crippen LogP contribution in [-0.2, 0) is 14.4 Å². The van der Waals surface area contributed by atoms with E-state index in [-0.39, 0.29) is 41.6 Å². The van der Waals surface area contributed by atoms with Crippen LogP contribution in [0.5, 0.6) is 0 Å². The predicted octanol–water partition coefficient (Wildman–Crippen LogP) is 7.52. The topological polar surface area (TPSA) is 159 Å². The van der Waals surface area contributed by atoms with Gasteiger partial charge in [0.15, 0.2) is 0 Å². The fourth-order valence-corrected chi connectivity index (χ4v) is 9.17. The van der Waals surface area contributed by atoms with Crippen molar-refractivity contribution in [3.05, 3.63) is 155 Å². The van der Waals surface area contributed by atoms with E-state index in [9.17, 15) is 19.5 Å². The third-order valence-electron chi connectivity index (χ3n) is 13.1. The lowest BCUT2D eigenvalue weighted by molar-refractivity contribution is -0.137. The zero-order valence-corrected chi connectivity index (χ0v) is 35.6. The number of amides is 3. The van der Waals surface area contributed by atoms with Gasteiger partial charge in [-0.15, -0.1) is 0 Å². The number of H-pyrrole nitrogens is 2. The molecule has 4 fully saturated rings. The third kappa shape index (κ3) is 9.00. The Morgan fingerprint density at radius 3 is 1.94 bits per heavy atom. The van der Waals surface area contributed by atoms with Crippen molar-refractivity contribution in [2.24, 2.45) is 11.8 Å². The van der Waals surface area contributed by atoms with Gasteiger partial charge in [-0.2, -0.15) is 5.10 Å². The quantitative estimate of drug-likeness (QED) is 0.0752. The normalized spacial score (nSPS) is 19.9. The first kappa shape index (κ1) is 41.2. The molecule has 4 aliphatic rings. The van der Waals surface area contributed by atoms with Crippen LogP contribution in [0, 0.1) is 23.7 Å². The minimum Gasteiger partial charge on any atom is -0.376 e. The van der Waals surface area contributed by atoms with Crippen LogP contribution < -0.4 is 10.6 Å². The molecule has 64 heavy (non-hydrogen) atoms. The number of benzene rings is 4. The summed E-state index contributed by atoms with van der Waals surface area (Å²) in [7, 11) is 0. The zero-order valence-electron chi connectivity index (χ0n) is 35.6. The molecule has 5 atom stereocenters. The van der Waals surface area contributed by atoms with Crippen LogP contribution in [0.1, 0.15) is 109 Å². The molecule has 3 amide bonds. The van der Waals surface area contributed by atoms with Gasteiger partial charge >= 0.3 is 0 Å². The van der Waals surface area contributed by atoms with E-state index in [0.717, 1.165) is 108 Å². The summed E-state index contributed by atoms with van der Waals surface area (Å²) in [5, 5.41) is 25.8. The maximum Gasteiger partial charge on any atom is 0.250 e. The van der Waals surface area contributed by atoms with E-state index in [1.165, 1.54) is 0 Å². The summed E-state index contributed by atoms with van der Waals surface area (Å²) in [6, 6.07) is 35.8. The molecule has 0 spiro atoms. The monoisotopic (exact) mass is 852 g/mol. The Bertz CT molecular complexity index is 2660. The molecule has 2 aliphatic carbocycles. The fraction of sp³-hybridized carbons (Fsp3) is 0.327. The average molecular weight is 853 g/mol. The van der Waals surface area contributed by atoms with E-state index in [1.807, 2.05) is 126 Å². The van der Waals surface area contributed by atoms with E-state index >= 15 is 0 Å². The molecule has 4 heterocycles. The van der Waals surface area contributed by atoms with Crippen molar-refractivity contribution in [2.75, 3.05) is 13.1 Å². The van der Waals surface area contributed by atoms with Gasteiger partial charge in [-0.1, -0.05) is 96.8 Å². The van der Waals surface area contributed by atoms with Crippen LogP contribution in [0.15, 0.2) is 121 Å². The Balaban J connectivity index is 0.773. The molecule has 5 unspecified atom stereocenters. The summed E-state index contributed by atoms with van der Waals surface area (Å²) in [5.41, 5.74) is 7.90. The van der Waals surface area contributed by atoms with Crippen LogP contribution >= 0.6 is 0 Å². The summed E-state index contributed by atoms with van der Waals surface area (Å²) in [5.74, 6) is 7.27. The first-order valence-electron chi connectivity index (χ1n) is 22.6. The van der Waals surface area contributed by atoms with Crippen molar-refractivity contribution >= 4 is 17.7 Å². The van der Waals surface area contributed by atoms with Crippen LogP contribution in [-0.4, -0.2) is 72.1 Å². The second-order valence-corrected chi connectivity index (χ2v) is 17.6. The minimum absolute atomic E-state index is 0.00329. The lowest BCUT2D eigenvalue weighted by atomic mass is 10.0. The number of nitrogens with one attached hydrogen (secondary N) is 4. The molecule has 5 N–H and O–H groups in total. The largest absolute Gasteiger partial charge is 0.376 e. The highest BCUT2D eigenvalue weighted by Crippen LogP contribution is 2.38. The van der Waals surface area contributed by atoms with Gasteiger partial charge in [0, 0.05) is 41.6 Å². The van der Waals surface area contributed by atoms with Crippen molar-refractivity contribution in [2.45, 2.75) is 81.8 Å². The molecule has 12 nitrogen and oxygen atoms in total. The van der Waals surface area contributed by atoms with Gasteiger partial charge in [-0.25, -0.2) is 4.98 Å². The molecular weight excluding hydrogens is 801 g/mol. The molecule has 2 aliphatic heterocycles. The number of imidazole rings is 1. The molecule has 2 aromatic heterocycles. The third-order valence-corrected chi connectivity index (χ3v) is 13.1. The number of nitrogens with zero attached hydrogens (tertiary/aromatic N) is 4. The Morgan fingerprint density at radius 1 is 0.688 bits per heavy atom. The number of carbonyl (C=O) groups is 3. The summed E-state index contributed by atoms with van der Waals surface area (Å²) in [4.78, 5) is 52.0. The molecule has 10 rings (SSSR count). The highest BCUT2D eigenvalue weighted by Gasteiger charge is 2.41. The Hall–Kier alpha value is -6.81. The van der Waals surface area contributed by atoms with Gasteiger partial charge in [-0.05, 0) is 98.4 Å². The number of likely N-dealkylation sites (tertiary alicyclic amines) is 2. The van der Waals surface area contributed by atoms with E-state index in [1.54, 1.807) is 0 Å². The summed E-state index contributed by atoms with van der Waals surface area (Å²) < 4.78 is 0. The van der Waals surface area contributed by atoms with Crippen molar-refractivity contribution < 1.29 is 19.5 Å². The highest BCUT2D eigenvalue weighted by molar-refractivity contribution is 5.90. The summed E-state index contributed by atoms with van der Waals surface area (Å²) in [6.07, 6.45) is 7.93. The number of aromatic nitrogens is 4. The summed E-state index contributed by atoms with van der Waals surface area (Å²) in [6.45, 7) is 1.32. The molecular formula is C52H52N8O4. The maximum atomic E-state index is 14.1. The van der Waals surface area contributed by atoms with Crippen LogP contribution in [0.2, 0.25) is 0 Å². The van der Waals surface area contributed by atoms with E-state index in [2.05, 4.69) is 42.6 Å². The van der Waals surface area contributed by atoms with Gasteiger partial charge in [0.1, 0.15) is 18.1 Å². The van der Waals surface area contributed by atoms with Gasteiger partial charge < -0.3 is 25.6 Å². The van der Waals surface area contributed by atoms with Crippen molar-refractivity contribution in [3.8, 4) is 34.4 Å². The molecule has 6 aromatic rings. The average Bonchev–Trinajstić information content (AvgIpc) is 4.09. The molecule has 0 radical (unpaired) electrons. The zero-order chi connectivity index (χ0) is 43.6. The van der Waals surface area contributed by atoms with Crippen molar-refractivity contribution in [1.29, 1.82) is 0 Å². The second-order valence-electron chi connectivity index (χ2n) is 17.6. The van der Waals surface area contributed by atoms with E-state index < -0.39 is 18.3 Å². The molecule has 2 saturated carbocycles. The number of aromatic amines is 2. The van der Waals surface area contributed by atoms with Gasteiger partial charge in [0.05, 0.1) is 41.4 Å². The van der Waals surface area contributed by atoms with Crippen LogP contribution in [0.3, 0.4) is 0 Å². The Labute approximate surface area is 372 Å². The molecule has 2 saturated heterocycles.